The zero-order chi connectivity index (χ0) is 18.1. The molecule has 0 bridgehead atoms. The highest BCUT2D eigenvalue weighted by atomic mass is 16.5. The van der Waals surface area contributed by atoms with Crippen LogP contribution in [0.1, 0.15) is 70.8 Å². The number of ether oxygens (including phenoxy) is 2. The van der Waals surface area contributed by atoms with Gasteiger partial charge in [-0.2, -0.15) is 0 Å². The van der Waals surface area contributed by atoms with Crippen LogP contribution in [-0.2, 0) is 15.1 Å². The molecule has 1 aliphatic carbocycles. The number of hydrogen-bond acceptors (Lipinski definition) is 4. The fraction of sp³-hybridized carbons (Fsp3) is 0.667. The smallest absolute Gasteiger partial charge is 0.308 e. The van der Waals surface area contributed by atoms with Gasteiger partial charge in [-0.05, 0) is 56.7 Å². The van der Waals surface area contributed by atoms with E-state index in [-0.39, 0.29) is 11.9 Å². The van der Waals surface area contributed by atoms with Gasteiger partial charge in [0, 0.05) is 0 Å². The Bertz CT molecular complexity index is 515. The third kappa shape index (κ3) is 5.74. The van der Waals surface area contributed by atoms with Crippen molar-refractivity contribution in [3.8, 4) is 5.75 Å². The van der Waals surface area contributed by atoms with Gasteiger partial charge >= 0.3 is 5.97 Å². The number of carbonyl (C=O) groups is 1. The van der Waals surface area contributed by atoms with Crippen molar-refractivity contribution in [1.29, 1.82) is 0 Å². The number of esters is 1. The zero-order valence-corrected chi connectivity index (χ0v) is 15.6. The van der Waals surface area contributed by atoms with Gasteiger partial charge in [0.2, 0.25) is 0 Å². The van der Waals surface area contributed by atoms with E-state index < -0.39 is 5.60 Å². The molecule has 1 aromatic carbocycles. The molecule has 0 aliphatic heterocycles. The SMILES string of the molecule is CCCCCCOC(=O)C1CCC(O)(c2ccc(OCC)cc2)CC1. The monoisotopic (exact) mass is 348 g/mol. The Hall–Kier alpha value is -1.55. The number of rotatable bonds is 9. The summed E-state index contributed by atoms with van der Waals surface area (Å²) in [5.41, 5.74) is 0.0603. The molecule has 1 fully saturated rings. The molecule has 2 rings (SSSR count). The fourth-order valence-corrected chi connectivity index (χ4v) is 3.47. The van der Waals surface area contributed by atoms with Gasteiger partial charge in [0.15, 0.2) is 0 Å². The van der Waals surface area contributed by atoms with Gasteiger partial charge in [0.1, 0.15) is 5.75 Å². The van der Waals surface area contributed by atoms with E-state index in [2.05, 4.69) is 6.92 Å². The van der Waals surface area contributed by atoms with Crippen molar-refractivity contribution in [2.75, 3.05) is 13.2 Å². The molecule has 1 aliphatic rings. The number of benzene rings is 1. The van der Waals surface area contributed by atoms with E-state index in [1.54, 1.807) is 0 Å². The molecule has 1 N–H and O–H groups in total. The molecule has 0 atom stereocenters. The Balaban J connectivity index is 1.80. The van der Waals surface area contributed by atoms with Crippen molar-refractivity contribution in [2.24, 2.45) is 5.92 Å². The van der Waals surface area contributed by atoms with Crippen molar-refractivity contribution >= 4 is 5.97 Å². The van der Waals surface area contributed by atoms with E-state index in [9.17, 15) is 9.90 Å². The predicted molar refractivity (Wildman–Crippen MR) is 98.6 cm³/mol. The average molecular weight is 348 g/mol. The highest BCUT2D eigenvalue weighted by Crippen LogP contribution is 2.40. The Labute approximate surface area is 151 Å². The summed E-state index contributed by atoms with van der Waals surface area (Å²) in [6.07, 6.45) is 6.98. The molecule has 1 saturated carbocycles. The van der Waals surface area contributed by atoms with E-state index in [0.717, 1.165) is 24.2 Å². The van der Waals surface area contributed by atoms with Crippen molar-refractivity contribution in [1.82, 2.24) is 0 Å². The van der Waals surface area contributed by atoms with Crippen LogP contribution in [0.25, 0.3) is 0 Å². The second-order valence-electron chi connectivity index (χ2n) is 6.99. The Morgan fingerprint density at radius 3 is 2.40 bits per heavy atom. The lowest BCUT2D eigenvalue weighted by Crippen LogP contribution is -2.34. The Kier molecular flexibility index (Phi) is 7.76. The maximum absolute atomic E-state index is 12.2. The average Bonchev–Trinajstić information content (AvgIpc) is 2.63. The van der Waals surface area contributed by atoms with Gasteiger partial charge in [-0.15, -0.1) is 0 Å². The van der Waals surface area contributed by atoms with Gasteiger partial charge in [-0.25, -0.2) is 0 Å². The quantitative estimate of drug-likeness (QED) is 0.524. The van der Waals surface area contributed by atoms with Gasteiger partial charge < -0.3 is 14.6 Å². The van der Waals surface area contributed by atoms with Crippen LogP contribution in [-0.4, -0.2) is 24.3 Å². The summed E-state index contributed by atoms with van der Waals surface area (Å²) in [4.78, 5) is 12.2. The van der Waals surface area contributed by atoms with Gasteiger partial charge in [-0.1, -0.05) is 38.3 Å². The largest absolute Gasteiger partial charge is 0.494 e. The summed E-state index contributed by atoms with van der Waals surface area (Å²) < 4.78 is 10.9. The Morgan fingerprint density at radius 1 is 1.12 bits per heavy atom. The standard InChI is InChI=1S/C21H32O4/c1-3-5-6-7-16-25-20(22)17-12-14-21(23,15-13-17)18-8-10-19(11-9-18)24-4-2/h8-11,17,23H,3-7,12-16H2,1-2H3. The number of aliphatic hydroxyl groups is 1. The van der Waals surface area contributed by atoms with Crippen molar-refractivity contribution in [3.63, 3.8) is 0 Å². The van der Waals surface area contributed by atoms with Crippen LogP contribution in [0.4, 0.5) is 0 Å². The highest BCUT2D eigenvalue weighted by Gasteiger charge is 2.37. The lowest BCUT2D eigenvalue weighted by Gasteiger charge is -2.35. The number of unbranched alkanes of at least 4 members (excludes halogenated alkanes) is 3. The number of carbonyl (C=O) groups excluding carboxylic acids is 1. The normalized spacial score (nSPS) is 23.2. The lowest BCUT2D eigenvalue weighted by atomic mass is 9.75. The third-order valence-electron chi connectivity index (χ3n) is 5.09. The zero-order valence-electron chi connectivity index (χ0n) is 15.6. The first-order valence-corrected chi connectivity index (χ1v) is 9.71. The van der Waals surface area contributed by atoms with Crippen LogP contribution in [0.3, 0.4) is 0 Å². The minimum absolute atomic E-state index is 0.0749. The topological polar surface area (TPSA) is 55.8 Å². The molecule has 1 aromatic rings. The molecule has 0 heterocycles. The summed E-state index contributed by atoms with van der Waals surface area (Å²) in [7, 11) is 0. The molecule has 0 unspecified atom stereocenters. The van der Waals surface area contributed by atoms with Crippen LogP contribution in [0.15, 0.2) is 24.3 Å². The van der Waals surface area contributed by atoms with E-state index in [1.165, 1.54) is 12.8 Å². The number of hydrogen-bond donors (Lipinski definition) is 1. The molecule has 4 heteroatoms. The van der Waals surface area contributed by atoms with E-state index in [1.807, 2.05) is 31.2 Å². The summed E-state index contributed by atoms with van der Waals surface area (Å²) in [6.45, 7) is 5.27. The van der Waals surface area contributed by atoms with Gasteiger partial charge in [0.25, 0.3) is 0 Å². The van der Waals surface area contributed by atoms with Crippen molar-refractivity contribution in [3.05, 3.63) is 29.8 Å². The minimum atomic E-state index is -0.845. The van der Waals surface area contributed by atoms with Crippen LogP contribution < -0.4 is 4.74 Å². The van der Waals surface area contributed by atoms with Crippen LogP contribution in [0.2, 0.25) is 0 Å². The molecule has 0 radical (unpaired) electrons. The summed E-state index contributed by atoms with van der Waals surface area (Å²) in [5.74, 6) is 0.648. The molecule has 0 spiro atoms. The van der Waals surface area contributed by atoms with Crippen molar-refractivity contribution in [2.45, 2.75) is 70.8 Å². The van der Waals surface area contributed by atoms with E-state index in [0.29, 0.717) is 38.9 Å². The fourth-order valence-electron chi connectivity index (χ4n) is 3.47. The molecule has 0 saturated heterocycles. The van der Waals surface area contributed by atoms with Crippen molar-refractivity contribution < 1.29 is 19.4 Å². The summed E-state index contributed by atoms with van der Waals surface area (Å²) in [6, 6.07) is 7.65. The first-order valence-electron chi connectivity index (χ1n) is 9.71. The molecule has 4 nitrogen and oxygen atoms in total. The Morgan fingerprint density at radius 2 is 1.80 bits per heavy atom. The molecular formula is C21H32O4. The molecular weight excluding hydrogens is 316 g/mol. The molecule has 140 valence electrons. The van der Waals surface area contributed by atoms with Gasteiger partial charge in [-0.3, -0.25) is 4.79 Å². The maximum atomic E-state index is 12.2. The predicted octanol–water partition coefficient (Wildman–Crippen LogP) is 4.59. The minimum Gasteiger partial charge on any atom is -0.494 e. The molecule has 25 heavy (non-hydrogen) atoms. The first kappa shape index (κ1) is 19.8. The highest BCUT2D eigenvalue weighted by molar-refractivity contribution is 5.72. The summed E-state index contributed by atoms with van der Waals surface area (Å²) in [5, 5.41) is 10.9. The summed E-state index contributed by atoms with van der Waals surface area (Å²) >= 11 is 0. The molecule has 0 amide bonds. The maximum Gasteiger partial charge on any atom is 0.308 e. The van der Waals surface area contributed by atoms with Gasteiger partial charge in [0.05, 0.1) is 24.7 Å². The van der Waals surface area contributed by atoms with Crippen LogP contribution >= 0.6 is 0 Å². The molecule has 0 aromatic heterocycles. The van der Waals surface area contributed by atoms with E-state index >= 15 is 0 Å². The van der Waals surface area contributed by atoms with E-state index in [4.69, 9.17) is 9.47 Å². The first-order chi connectivity index (χ1) is 12.1. The van der Waals surface area contributed by atoms with Crippen LogP contribution in [0.5, 0.6) is 5.75 Å². The lowest BCUT2D eigenvalue weighted by molar-refractivity contribution is -0.152. The second kappa shape index (κ2) is 9.81. The third-order valence-corrected chi connectivity index (χ3v) is 5.09. The second-order valence-corrected chi connectivity index (χ2v) is 6.99. The van der Waals surface area contributed by atoms with Crippen LogP contribution in [0, 0.1) is 5.92 Å².